The van der Waals surface area contributed by atoms with Gasteiger partial charge in [-0.15, -0.1) is 0 Å². The fourth-order valence-electron chi connectivity index (χ4n) is 2.80. The molecule has 0 bridgehead atoms. The number of halogens is 5. The van der Waals surface area contributed by atoms with Gasteiger partial charge in [-0.25, -0.2) is 17.0 Å². The van der Waals surface area contributed by atoms with E-state index in [-0.39, 0.29) is 4.47 Å². The van der Waals surface area contributed by atoms with Crippen molar-refractivity contribution in [2.24, 2.45) is 5.14 Å². The summed E-state index contributed by atoms with van der Waals surface area (Å²) in [6.45, 7) is 4.27. The molecule has 0 amide bonds. The van der Waals surface area contributed by atoms with Crippen LogP contribution in [0.1, 0.15) is 39.7 Å². The fourth-order valence-corrected chi connectivity index (χ4v) is 5.11. The van der Waals surface area contributed by atoms with Crippen LogP contribution in [-0.4, -0.2) is 34.0 Å². The molecule has 0 aliphatic rings. The number of nitriles is 1. The topological polar surface area (TPSA) is 101 Å². The Kier molecular flexibility index (Phi) is 7.39. The third-order valence-corrected chi connectivity index (χ3v) is 8.99. The normalized spacial score (nSPS) is 16.7. The van der Waals surface area contributed by atoms with Crippen LogP contribution in [0.2, 0.25) is 0 Å². The summed E-state index contributed by atoms with van der Waals surface area (Å²) in [5.41, 5.74) is -4.23. The molecule has 1 aromatic carbocycles. The molecule has 0 aliphatic heterocycles. The second-order valence-corrected chi connectivity index (χ2v) is 13.0. The number of hydrogen-bond acceptors (Lipinski definition) is 4. The van der Waals surface area contributed by atoms with Gasteiger partial charge in [-0.3, -0.25) is 5.14 Å². The van der Waals surface area contributed by atoms with E-state index < -0.39 is 65.5 Å². The minimum absolute atomic E-state index is 0.0890. The Bertz CT molecular complexity index is 956. The van der Waals surface area contributed by atoms with Crippen LogP contribution in [0.4, 0.5) is 17.6 Å². The molecule has 0 saturated carbocycles. The predicted octanol–water partition coefficient (Wildman–Crippen LogP) is 3.90. The van der Waals surface area contributed by atoms with Gasteiger partial charge in [-0.05, 0) is 52.3 Å². The highest BCUT2D eigenvalue weighted by Gasteiger charge is 2.62. The van der Waals surface area contributed by atoms with E-state index in [1.807, 2.05) is 0 Å². The molecular formula is C17H21BrF4N2O3S2. The van der Waals surface area contributed by atoms with Gasteiger partial charge in [0.2, 0.25) is 0 Å². The SMILES string of the molecule is CC(C)(C[C@](CS(=O)(=O)C(C)(C)C#N)(c1cc(Br)ccc1F)C(F)(F)F)S(N)=O. The van der Waals surface area contributed by atoms with Gasteiger partial charge in [0.25, 0.3) is 0 Å². The number of nitrogens with two attached hydrogens (primary N) is 1. The van der Waals surface area contributed by atoms with E-state index in [1.165, 1.54) is 26.0 Å². The van der Waals surface area contributed by atoms with Gasteiger partial charge in [0.15, 0.2) is 14.6 Å². The van der Waals surface area contributed by atoms with Gasteiger partial charge in [-0.2, -0.15) is 18.4 Å². The quantitative estimate of drug-likeness (QED) is 0.550. The second kappa shape index (κ2) is 8.24. The van der Waals surface area contributed by atoms with Gasteiger partial charge in [0.1, 0.15) is 11.2 Å². The average Bonchev–Trinajstić information content (AvgIpc) is 2.54. The molecule has 0 spiro atoms. The van der Waals surface area contributed by atoms with Gasteiger partial charge >= 0.3 is 6.18 Å². The lowest BCUT2D eigenvalue weighted by atomic mass is 9.74. The van der Waals surface area contributed by atoms with Crippen LogP contribution in [0.5, 0.6) is 0 Å². The van der Waals surface area contributed by atoms with Crippen LogP contribution in [0, 0.1) is 17.1 Å². The molecule has 1 unspecified atom stereocenters. The van der Waals surface area contributed by atoms with Crippen LogP contribution in [0.15, 0.2) is 22.7 Å². The molecule has 1 rings (SSSR count). The Hall–Kier alpha value is -1.03. The lowest BCUT2D eigenvalue weighted by molar-refractivity contribution is -0.188. The van der Waals surface area contributed by atoms with Crippen molar-refractivity contribution in [3.05, 3.63) is 34.1 Å². The zero-order chi connectivity index (χ0) is 23.1. The van der Waals surface area contributed by atoms with E-state index in [2.05, 4.69) is 15.9 Å². The summed E-state index contributed by atoms with van der Waals surface area (Å²) in [4.78, 5) is 0. The second-order valence-electron chi connectivity index (χ2n) is 7.82. The molecular weight excluding hydrogens is 500 g/mol. The van der Waals surface area contributed by atoms with E-state index in [1.54, 1.807) is 0 Å². The van der Waals surface area contributed by atoms with Gasteiger partial charge in [0, 0.05) is 10.0 Å². The number of hydrogen-bond donors (Lipinski definition) is 1. The number of rotatable bonds is 7. The average molecular weight is 521 g/mol. The minimum atomic E-state index is -5.27. The molecule has 2 atom stereocenters. The van der Waals surface area contributed by atoms with Crippen molar-refractivity contribution in [3.8, 4) is 6.07 Å². The first-order valence-electron chi connectivity index (χ1n) is 8.15. The molecule has 0 heterocycles. The molecule has 0 fully saturated rings. The monoisotopic (exact) mass is 520 g/mol. The van der Waals surface area contributed by atoms with Crippen LogP contribution >= 0.6 is 15.9 Å². The summed E-state index contributed by atoms with van der Waals surface area (Å²) in [6.07, 6.45) is -6.36. The number of benzene rings is 1. The molecule has 12 heteroatoms. The summed E-state index contributed by atoms with van der Waals surface area (Å²) in [5.74, 6) is -2.90. The van der Waals surface area contributed by atoms with Crippen LogP contribution in [-0.2, 0) is 26.2 Å². The lowest BCUT2D eigenvalue weighted by Crippen LogP contribution is -2.55. The number of sulfone groups is 1. The molecule has 29 heavy (non-hydrogen) atoms. The highest BCUT2D eigenvalue weighted by Crippen LogP contribution is 2.50. The number of nitrogens with zero attached hydrogens (tertiary/aromatic N) is 1. The third kappa shape index (κ3) is 5.18. The van der Waals surface area contributed by atoms with Crippen LogP contribution < -0.4 is 5.14 Å². The van der Waals surface area contributed by atoms with Gasteiger partial charge in [-0.1, -0.05) is 15.9 Å². The maximum atomic E-state index is 14.6. The van der Waals surface area contributed by atoms with E-state index in [0.717, 1.165) is 26.0 Å². The summed E-state index contributed by atoms with van der Waals surface area (Å²) in [6, 6.07) is 4.25. The van der Waals surface area contributed by atoms with Crippen molar-refractivity contribution in [2.75, 3.05) is 5.75 Å². The maximum absolute atomic E-state index is 14.6. The molecule has 1 aromatic rings. The molecule has 0 saturated heterocycles. The minimum Gasteiger partial charge on any atom is -0.251 e. The highest BCUT2D eigenvalue weighted by molar-refractivity contribution is 9.10. The predicted molar refractivity (Wildman–Crippen MR) is 106 cm³/mol. The van der Waals surface area contributed by atoms with Crippen molar-refractivity contribution in [1.82, 2.24) is 0 Å². The standard InChI is InChI=1S/C17H21BrF4N2O3S2/c1-14(2,28(24)25)8-16(17(20,21)22,10-29(26,27)15(3,4)9-23)12-7-11(18)5-6-13(12)19/h5-7H,8,10,24H2,1-4H3/t16-,28?/m0/s1. The summed E-state index contributed by atoms with van der Waals surface area (Å²) < 4.78 is 91.9. The Balaban J connectivity index is 3.99. The van der Waals surface area contributed by atoms with Gasteiger partial charge in [0.05, 0.1) is 27.6 Å². The van der Waals surface area contributed by atoms with Crippen molar-refractivity contribution >= 4 is 36.8 Å². The molecule has 2 N–H and O–H groups in total. The molecule has 164 valence electrons. The Morgan fingerprint density at radius 2 is 1.72 bits per heavy atom. The third-order valence-electron chi connectivity index (χ3n) is 4.74. The van der Waals surface area contributed by atoms with Crippen LogP contribution in [0.3, 0.4) is 0 Å². The van der Waals surface area contributed by atoms with E-state index >= 15 is 0 Å². The van der Waals surface area contributed by atoms with Crippen molar-refractivity contribution in [1.29, 1.82) is 5.26 Å². The van der Waals surface area contributed by atoms with Crippen molar-refractivity contribution < 1.29 is 30.2 Å². The van der Waals surface area contributed by atoms with E-state index in [4.69, 9.17) is 10.4 Å². The van der Waals surface area contributed by atoms with E-state index in [9.17, 15) is 30.2 Å². The Labute approximate surface area is 178 Å². The largest absolute Gasteiger partial charge is 0.399 e. The fraction of sp³-hybridized carbons (Fsp3) is 0.588. The summed E-state index contributed by atoms with van der Waals surface area (Å²) >= 11 is 2.98. The number of alkyl halides is 3. The van der Waals surface area contributed by atoms with Crippen LogP contribution in [0.25, 0.3) is 0 Å². The molecule has 0 aromatic heterocycles. The van der Waals surface area contributed by atoms with Gasteiger partial charge < -0.3 is 0 Å². The first-order valence-corrected chi connectivity index (χ1v) is 11.8. The highest BCUT2D eigenvalue weighted by atomic mass is 79.9. The zero-order valence-electron chi connectivity index (χ0n) is 16.1. The first kappa shape index (κ1) is 26.0. The summed E-state index contributed by atoms with van der Waals surface area (Å²) in [7, 11) is -7.02. The Morgan fingerprint density at radius 1 is 1.21 bits per heavy atom. The lowest BCUT2D eigenvalue weighted by Gasteiger charge is -2.41. The van der Waals surface area contributed by atoms with Crippen molar-refractivity contribution in [3.63, 3.8) is 0 Å². The van der Waals surface area contributed by atoms with Crippen molar-refractivity contribution in [2.45, 2.75) is 55.2 Å². The zero-order valence-corrected chi connectivity index (χ0v) is 19.3. The first-order chi connectivity index (χ1) is 12.8. The van der Waals surface area contributed by atoms with E-state index in [0.29, 0.717) is 0 Å². The maximum Gasteiger partial charge on any atom is 0.399 e. The molecule has 0 radical (unpaired) electrons. The Morgan fingerprint density at radius 3 is 2.14 bits per heavy atom. The molecule has 5 nitrogen and oxygen atoms in total. The molecule has 0 aliphatic carbocycles. The smallest absolute Gasteiger partial charge is 0.251 e. The summed E-state index contributed by atoms with van der Waals surface area (Å²) in [5, 5.41) is 14.5.